The summed E-state index contributed by atoms with van der Waals surface area (Å²) in [5, 5.41) is 3.30. The minimum absolute atomic E-state index is 0.0806. The molecule has 1 amide bonds. The number of carbonyl (C=O) groups is 1. The molecule has 0 unspecified atom stereocenters. The molecule has 0 saturated carbocycles. The van der Waals surface area contributed by atoms with Crippen molar-refractivity contribution in [2.24, 2.45) is 0 Å². The van der Waals surface area contributed by atoms with Crippen molar-refractivity contribution in [3.8, 4) is 0 Å². The zero-order valence-electron chi connectivity index (χ0n) is 11.1. The minimum atomic E-state index is 0.0806. The number of anilines is 1. The van der Waals surface area contributed by atoms with Crippen LogP contribution in [0, 0.1) is 0 Å². The number of hydrogen-bond acceptors (Lipinski definition) is 2. The number of likely N-dealkylation sites (N-methyl/N-ethyl adjacent to an activating group) is 1. The summed E-state index contributed by atoms with van der Waals surface area (Å²) in [6, 6.07) is 5.94. The van der Waals surface area contributed by atoms with Crippen molar-refractivity contribution in [1.29, 1.82) is 0 Å². The van der Waals surface area contributed by atoms with Crippen LogP contribution in [0.25, 0.3) is 0 Å². The van der Waals surface area contributed by atoms with E-state index >= 15 is 0 Å². The van der Waals surface area contributed by atoms with Gasteiger partial charge in [-0.25, -0.2) is 0 Å². The van der Waals surface area contributed by atoms with Crippen LogP contribution in [0.4, 0.5) is 5.69 Å². The minimum Gasteiger partial charge on any atom is -0.384 e. The lowest BCUT2D eigenvalue weighted by atomic mass is 10.1. The first-order valence-corrected chi connectivity index (χ1v) is 6.42. The Hall–Kier alpha value is -1.77. The fraction of sp³-hybridized carbons (Fsp3) is 0.400. The molecule has 0 atom stereocenters. The summed E-state index contributed by atoms with van der Waals surface area (Å²) in [6.45, 7) is 10.1. The monoisotopic (exact) mass is 244 g/mol. The molecule has 1 aromatic rings. The van der Waals surface area contributed by atoms with Gasteiger partial charge in [-0.15, -0.1) is 0 Å². The number of hydrogen-bond donors (Lipinski definition) is 1. The van der Waals surface area contributed by atoms with E-state index in [2.05, 4.69) is 18.0 Å². The maximum atomic E-state index is 12.4. The molecule has 1 aliphatic rings. The highest BCUT2D eigenvalue weighted by atomic mass is 16.2. The Bertz CT molecular complexity index is 479. The first-order chi connectivity index (χ1) is 8.61. The Morgan fingerprint density at radius 2 is 2.28 bits per heavy atom. The van der Waals surface area contributed by atoms with Crippen molar-refractivity contribution in [1.82, 2.24) is 4.90 Å². The largest absolute Gasteiger partial charge is 0.384 e. The number of benzene rings is 1. The molecule has 2 rings (SSSR count). The van der Waals surface area contributed by atoms with E-state index in [1.165, 1.54) is 5.56 Å². The molecule has 0 aromatic heterocycles. The van der Waals surface area contributed by atoms with Crippen molar-refractivity contribution >= 4 is 11.6 Å². The van der Waals surface area contributed by atoms with Crippen molar-refractivity contribution < 1.29 is 4.79 Å². The van der Waals surface area contributed by atoms with Gasteiger partial charge in [0.05, 0.1) is 0 Å². The first-order valence-electron chi connectivity index (χ1n) is 6.42. The van der Waals surface area contributed by atoms with Crippen LogP contribution in [-0.4, -0.2) is 30.4 Å². The summed E-state index contributed by atoms with van der Waals surface area (Å²) < 4.78 is 0. The average Bonchev–Trinajstić information content (AvgIpc) is 2.81. The van der Waals surface area contributed by atoms with Gasteiger partial charge in [0.25, 0.3) is 5.91 Å². The zero-order valence-corrected chi connectivity index (χ0v) is 11.1. The van der Waals surface area contributed by atoms with Gasteiger partial charge in [-0.05, 0) is 38.0 Å². The van der Waals surface area contributed by atoms with Gasteiger partial charge in [0.15, 0.2) is 0 Å². The second-order valence-corrected chi connectivity index (χ2v) is 4.83. The SMILES string of the molecule is C=C(C)CN(CC)C(=O)c1ccc2c(c1)NCC2. The summed E-state index contributed by atoms with van der Waals surface area (Å²) in [4.78, 5) is 14.2. The molecule has 0 spiro atoms. The van der Waals surface area contributed by atoms with Gasteiger partial charge in [0, 0.05) is 30.9 Å². The normalized spacial score (nSPS) is 12.8. The lowest BCUT2D eigenvalue weighted by Gasteiger charge is -2.21. The van der Waals surface area contributed by atoms with E-state index in [9.17, 15) is 4.79 Å². The standard InChI is InChI=1S/C15H20N2O/c1-4-17(10-11(2)3)15(18)13-6-5-12-7-8-16-14(12)9-13/h5-6,9,16H,2,4,7-8,10H2,1,3H3. The molecule has 0 aliphatic carbocycles. The molecular formula is C15H20N2O. The fourth-order valence-electron chi connectivity index (χ4n) is 2.26. The van der Waals surface area contributed by atoms with Crippen LogP contribution in [0.5, 0.6) is 0 Å². The fourth-order valence-corrected chi connectivity index (χ4v) is 2.26. The van der Waals surface area contributed by atoms with E-state index in [1.54, 1.807) is 0 Å². The number of nitrogens with one attached hydrogen (secondary N) is 1. The van der Waals surface area contributed by atoms with Gasteiger partial charge in [-0.2, -0.15) is 0 Å². The van der Waals surface area contributed by atoms with Gasteiger partial charge < -0.3 is 10.2 Å². The maximum absolute atomic E-state index is 12.4. The van der Waals surface area contributed by atoms with Crippen LogP contribution in [0.1, 0.15) is 29.8 Å². The van der Waals surface area contributed by atoms with E-state index in [4.69, 9.17) is 0 Å². The molecule has 0 bridgehead atoms. The number of carbonyl (C=O) groups excluding carboxylic acids is 1. The van der Waals surface area contributed by atoms with Crippen LogP contribution >= 0.6 is 0 Å². The number of nitrogens with zero attached hydrogens (tertiary/aromatic N) is 1. The average molecular weight is 244 g/mol. The quantitative estimate of drug-likeness (QED) is 0.826. The van der Waals surface area contributed by atoms with Crippen LogP contribution < -0.4 is 5.32 Å². The topological polar surface area (TPSA) is 32.3 Å². The lowest BCUT2D eigenvalue weighted by molar-refractivity contribution is 0.0778. The molecule has 3 heteroatoms. The molecule has 0 saturated heterocycles. The summed E-state index contributed by atoms with van der Waals surface area (Å²) in [6.07, 6.45) is 1.05. The van der Waals surface area contributed by atoms with Crippen LogP contribution in [0.15, 0.2) is 30.4 Å². The van der Waals surface area contributed by atoms with E-state index in [1.807, 2.05) is 30.9 Å². The summed E-state index contributed by atoms with van der Waals surface area (Å²) in [7, 11) is 0. The second-order valence-electron chi connectivity index (χ2n) is 4.83. The highest BCUT2D eigenvalue weighted by Gasteiger charge is 2.17. The van der Waals surface area contributed by atoms with E-state index in [0.717, 1.165) is 29.8 Å². The molecule has 1 aliphatic heterocycles. The molecule has 18 heavy (non-hydrogen) atoms. The molecule has 96 valence electrons. The maximum Gasteiger partial charge on any atom is 0.254 e. The zero-order chi connectivity index (χ0) is 13.1. The van der Waals surface area contributed by atoms with Gasteiger partial charge >= 0.3 is 0 Å². The van der Waals surface area contributed by atoms with Crippen molar-refractivity contribution in [2.75, 3.05) is 25.0 Å². The summed E-state index contributed by atoms with van der Waals surface area (Å²) in [5.41, 5.74) is 4.16. The second kappa shape index (κ2) is 5.25. The predicted molar refractivity (Wildman–Crippen MR) is 75.0 cm³/mol. The van der Waals surface area contributed by atoms with Gasteiger partial charge in [0.2, 0.25) is 0 Å². The third kappa shape index (κ3) is 2.55. The van der Waals surface area contributed by atoms with E-state index in [0.29, 0.717) is 13.1 Å². The van der Waals surface area contributed by atoms with Crippen molar-refractivity contribution in [2.45, 2.75) is 20.3 Å². The summed E-state index contributed by atoms with van der Waals surface area (Å²) in [5.74, 6) is 0.0806. The Labute approximate surface area is 108 Å². The van der Waals surface area contributed by atoms with Crippen LogP contribution in [0.2, 0.25) is 0 Å². The smallest absolute Gasteiger partial charge is 0.254 e. The summed E-state index contributed by atoms with van der Waals surface area (Å²) >= 11 is 0. The van der Waals surface area contributed by atoms with Crippen LogP contribution in [0.3, 0.4) is 0 Å². The molecule has 1 aromatic carbocycles. The number of fused-ring (bicyclic) bond motifs is 1. The third-order valence-corrected chi connectivity index (χ3v) is 3.20. The molecule has 3 nitrogen and oxygen atoms in total. The molecule has 0 radical (unpaired) electrons. The third-order valence-electron chi connectivity index (χ3n) is 3.20. The lowest BCUT2D eigenvalue weighted by Crippen LogP contribution is -2.32. The predicted octanol–water partition coefficient (Wildman–Crippen LogP) is 2.69. The molecular weight excluding hydrogens is 224 g/mol. The van der Waals surface area contributed by atoms with Crippen molar-refractivity contribution in [3.05, 3.63) is 41.5 Å². The number of amides is 1. The molecule has 0 fully saturated rings. The molecule has 1 N–H and O–H groups in total. The highest BCUT2D eigenvalue weighted by Crippen LogP contribution is 2.23. The Kier molecular flexibility index (Phi) is 3.70. The Morgan fingerprint density at radius 3 is 2.94 bits per heavy atom. The first kappa shape index (κ1) is 12.7. The Balaban J connectivity index is 2.19. The van der Waals surface area contributed by atoms with Crippen molar-refractivity contribution in [3.63, 3.8) is 0 Å². The van der Waals surface area contributed by atoms with Gasteiger partial charge in [0.1, 0.15) is 0 Å². The number of rotatable bonds is 4. The van der Waals surface area contributed by atoms with E-state index in [-0.39, 0.29) is 5.91 Å². The van der Waals surface area contributed by atoms with Crippen LogP contribution in [-0.2, 0) is 6.42 Å². The molecule has 1 heterocycles. The van der Waals surface area contributed by atoms with Gasteiger partial charge in [-0.1, -0.05) is 18.2 Å². The van der Waals surface area contributed by atoms with Gasteiger partial charge in [-0.3, -0.25) is 4.79 Å². The van der Waals surface area contributed by atoms with E-state index < -0.39 is 0 Å². The Morgan fingerprint density at radius 1 is 1.50 bits per heavy atom. The highest BCUT2D eigenvalue weighted by molar-refractivity contribution is 5.95.